The van der Waals surface area contributed by atoms with E-state index in [1.807, 2.05) is 18.4 Å². The fraction of sp³-hybridized carbons (Fsp3) is 0.300. The summed E-state index contributed by atoms with van der Waals surface area (Å²) in [5, 5.41) is 0. The van der Waals surface area contributed by atoms with Crippen LogP contribution in [0, 0.1) is 0 Å². The van der Waals surface area contributed by atoms with Crippen LogP contribution in [0.4, 0.5) is 0 Å². The molecule has 0 radical (unpaired) electrons. The first-order valence-electron chi connectivity index (χ1n) is 6.91. The van der Waals surface area contributed by atoms with Gasteiger partial charge in [0.1, 0.15) is 0 Å². The topological polar surface area (TPSA) is 71.9 Å². The standard InChI is InChI=1S/C11H13O.C8H7O2.CH4.O.Ti/c1-11(2,3)10-6-4-9(8-12)5-7-10;1-10-8-4-2-7(6-9)3-5-8;;;/h4-7H,1-3H3;2-5H,1H3;1H4;;/q2*-1;;-2;+4. The second-order valence-electron chi connectivity index (χ2n) is 5.76. The van der Waals surface area contributed by atoms with E-state index in [1.165, 1.54) is 5.56 Å². The summed E-state index contributed by atoms with van der Waals surface area (Å²) < 4.78 is 4.88. The molecule has 0 amide bonds. The first kappa shape index (κ1) is 28.1. The molecule has 5 heteroatoms. The molecule has 0 unspecified atom stereocenters. The summed E-state index contributed by atoms with van der Waals surface area (Å²) in [6.45, 7) is 6.44. The van der Waals surface area contributed by atoms with Gasteiger partial charge < -0.3 is 19.8 Å². The minimum absolute atomic E-state index is 0. The number of ether oxygens (including phenoxy) is 1. The summed E-state index contributed by atoms with van der Waals surface area (Å²) in [5.74, 6) is 0.749. The normalized spacial score (nSPS) is 8.96. The second-order valence-corrected chi connectivity index (χ2v) is 5.76. The van der Waals surface area contributed by atoms with Crippen LogP contribution in [0.3, 0.4) is 0 Å². The molecule has 2 rings (SSSR count). The van der Waals surface area contributed by atoms with Crippen molar-refractivity contribution in [2.75, 3.05) is 7.11 Å². The molecule has 0 aliphatic carbocycles. The molecule has 0 aliphatic rings. The van der Waals surface area contributed by atoms with Crippen molar-refractivity contribution in [1.82, 2.24) is 0 Å². The molecule has 132 valence electrons. The van der Waals surface area contributed by atoms with E-state index in [4.69, 9.17) is 4.74 Å². The molecule has 0 heterocycles. The van der Waals surface area contributed by atoms with Gasteiger partial charge in [-0.1, -0.05) is 45.9 Å². The maximum absolute atomic E-state index is 10.2. The minimum Gasteiger partial charge on any atom is -2.00 e. The Labute approximate surface area is 165 Å². The predicted octanol–water partition coefficient (Wildman–Crippen LogP) is 4.11. The van der Waals surface area contributed by atoms with E-state index < -0.39 is 0 Å². The van der Waals surface area contributed by atoms with Crippen molar-refractivity contribution in [2.45, 2.75) is 33.6 Å². The van der Waals surface area contributed by atoms with E-state index >= 15 is 0 Å². The maximum atomic E-state index is 10.2. The molecule has 2 aromatic rings. The molecule has 0 atom stereocenters. The van der Waals surface area contributed by atoms with Gasteiger partial charge in [0, 0.05) is 0 Å². The van der Waals surface area contributed by atoms with E-state index in [9.17, 15) is 9.59 Å². The molecular weight excluding hydrogens is 352 g/mol. The largest absolute Gasteiger partial charge is 4.00 e. The van der Waals surface area contributed by atoms with Gasteiger partial charge in [0.2, 0.25) is 0 Å². The van der Waals surface area contributed by atoms with Crippen LogP contribution in [0.1, 0.15) is 44.9 Å². The Balaban J connectivity index is -0.000000350. The average Bonchev–Trinajstić information content (AvgIpc) is 2.55. The zero-order chi connectivity index (χ0) is 16.6. The Hall–Kier alpha value is -1.75. The number of carbonyl (C=O) groups excluding carboxylic acids is 2. The first-order valence-corrected chi connectivity index (χ1v) is 6.91. The Morgan fingerprint density at radius 1 is 0.800 bits per heavy atom. The quantitative estimate of drug-likeness (QED) is 0.598. The van der Waals surface area contributed by atoms with Gasteiger partial charge in [0.05, 0.1) is 25.4 Å². The van der Waals surface area contributed by atoms with Crippen LogP contribution >= 0.6 is 0 Å². The van der Waals surface area contributed by atoms with Crippen molar-refractivity contribution in [1.29, 1.82) is 0 Å². The fourth-order valence-electron chi connectivity index (χ4n) is 1.70. The van der Waals surface area contributed by atoms with Crippen molar-refractivity contribution in [3.8, 4) is 5.75 Å². The van der Waals surface area contributed by atoms with Gasteiger partial charge >= 0.3 is 21.7 Å². The molecule has 0 bridgehead atoms. The van der Waals surface area contributed by atoms with Crippen LogP contribution in [-0.2, 0) is 42.2 Å². The number of hydrogen-bond donors (Lipinski definition) is 0. The van der Waals surface area contributed by atoms with Gasteiger partial charge in [0.15, 0.2) is 0 Å². The first-order chi connectivity index (χ1) is 10.4. The monoisotopic (exact) mass is 376 g/mol. The predicted molar refractivity (Wildman–Crippen MR) is 95.1 cm³/mol. The van der Waals surface area contributed by atoms with Gasteiger partial charge in [-0.25, -0.2) is 0 Å². The van der Waals surface area contributed by atoms with E-state index in [0.717, 1.165) is 5.75 Å². The summed E-state index contributed by atoms with van der Waals surface area (Å²) in [6, 6.07) is 14.3. The third kappa shape index (κ3) is 9.97. The molecule has 0 N–H and O–H groups in total. The van der Waals surface area contributed by atoms with Crippen LogP contribution in [0.2, 0.25) is 0 Å². The Kier molecular flexibility index (Phi) is 15.2. The molecule has 0 saturated carbocycles. The summed E-state index contributed by atoms with van der Waals surface area (Å²) in [5.41, 5.74) is 2.55. The number of methoxy groups -OCH3 is 1. The Bertz CT molecular complexity index is 599. The van der Waals surface area contributed by atoms with Crippen LogP contribution in [0.15, 0.2) is 48.5 Å². The van der Waals surface area contributed by atoms with Crippen molar-refractivity contribution in [3.05, 3.63) is 65.2 Å². The maximum Gasteiger partial charge on any atom is 4.00 e. The van der Waals surface area contributed by atoms with Gasteiger partial charge in [0.25, 0.3) is 0 Å². The van der Waals surface area contributed by atoms with E-state index in [0.29, 0.717) is 11.1 Å². The molecule has 0 fully saturated rings. The van der Waals surface area contributed by atoms with Gasteiger partial charge in [-0.3, -0.25) is 0 Å². The van der Waals surface area contributed by atoms with Crippen LogP contribution in [0.25, 0.3) is 0 Å². The van der Waals surface area contributed by atoms with E-state index in [2.05, 4.69) is 20.8 Å². The van der Waals surface area contributed by atoms with Crippen LogP contribution in [0.5, 0.6) is 5.75 Å². The molecule has 2 aromatic carbocycles. The Morgan fingerprint density at radius 3 is 1.44 bits per heavy atom. The molecule has 0 aliphatic heterocycles. The molecular formula is C20H24O4Ti. The number of hydrogen-bond acceptors (Lipinski definition) is 3. The van der Waals surface area contributed by atoms with E-state index in [-0.39, 0.29) is 40.0 Å². The van der Waals surface area contributed by atoms with Gasteiger partial charge in [-0.15, -0.1) is 12.1 Å². The molecule has 0 aromatic heterocycles. The SMILES string of the molecule is C.CC(C)(C)c1ccc([C-]=O)cc1.COc1ccc([C-]=O)cc1.[O-2].[Ti+4]. The summed E-state index contributed by atoms with van der Waals surface area (Å²) in [6.07, 6.45) is 3.63. The van der Waals surface area contributed by atoms with Crippen molar-refractivity contribution < 1.29 is 41.5 Å². The third-order valence-corrected chi connectivity index (χ3v) is 3.08. The molecule has 25 heavy (non-hydrogen) atoms. The van der Waals surface area contributed by atoms with Crippen molar-refractivity contribution in [2.24, 2.45) is 0 Å². The second kappa shape index (κ2) is 13.5. The van der Waals surface area contributed by atoms with E-state index in [1.54, 1.807) is 49.8 Å². The summed E-state index contributed by atoms with van der Waals surface area (Å²) in [4.78, 5) is 20.3. The molecule has 0 saturated heterocycles. The van der Waals surface area contributed by atoms with Gasteiger partial charge in [-0.2, -0.15) is 35.4 Å². The van der Waals surface area contributed by atoms with Gasteiger partial charge in [-0.05, 0) is 5.41 Å². The zero-order valence-electron chi connectivity index (χ0n) is 14.3. The number of rotatable bonds is 3. The fourth-order valence-corrected chi connectivity index (χ4v) is 1.70. The van der Waals surface area contributed by atoms with Crippen molar-refractivity contribution >= 4 is 12.6 Å². The molecule has 4 nitrogen and oxygen atoms in total. The summed E-state index contributed by atoms with van der Waals surface area (Å²) in [7, 11) is 1.58. The molecule has 0 spiro atoms. The third-order valence-electron chi connectivity index (χ3n) is 3.08. The summed E-state index contributed by atoms with van der Waals surface area (Å²) >= 11 is 0. The van der Waals surface area contributed by atoms with Crippen LogP contribution in [-0.4, -0.2) is 19.7 Å². The smallest absolute Gasteiger partial charge is 2.00 e. The average molecular weight is 376 g/mol. The Morgan fingerprint density at radius 2 is 1.16 bits per heavy atom. The van der Waals surface area contributed by atoms with Crippen LogP contribution < -0.4 is 4.74 Å². The van der Waals surface area contributed by atoms with Crippen molar-refractivity contribution in [3.63, 3.8) is 0 Å². The minimum atomic E-state index is 0. The zero-order valence-corrected chi connectivity index (χ0v) is 15.8. The number of benzene rings is 2.